The highest BCUT2D eigenvalue weighted by molar-refractivity contribution is 5.82. The lowest BCUT2D eigenvalue weighted by molar-refractivity contribution is -0.123. The molecule has 1 amide bonds. The predicted molar refractivity (Wildman–Crippen MR) is 95.4 cm³/mol. The van der Waals surface area contributed by atoms with Gasteiger partial charge in [-0.3, -0.25) is 4.79 Å². The molecule has 2 aromatic carbocycles. The molecule has 0 aliphatic carbocycles. The second kappa shape index (κ2) is 9.11. The lowest BCUT2D eigenvalue weighted by Crippen LogP contribution is -2.48. The molecule has 0 heterocycles. The third-order valence-electron chi connectivity index (χ3n) is 3.69. The Bertz CT molecular complexity index is 581. The molecule has 0 radical (unpaired) electrons. The number of rotatable bonds is 8. The van der Waals surface area contributed by atoms with Crippen molar-refractivity contribution in [3.8, 4) is 0 Å². The van der Waals surface area contributed by atoms with Gasteiger partial charge in [0.1, 0.15) is 0 Å². The first-order valence-electron chi connectivity index (χ1n) is 8.27. The van der Waals surface area contributed by atoms with Crippen LogP contribution < -0.4 is 10.6 Å². The highest BCUT2D eigenvalue weighted by Gasteiger charge is 2.19. The number of carbonyl (C=O) groups is 1. The molecule has 0 aromatic heterocycles. The van der Waals surface area contributed by atoms with Crippen LogP contribution in [-0.2, 0) is 17.6 Å². The number of hydrogen-bond acceptors (Lipinski definition) is 2. The Morgan fingerprint density at radius 1 is 0.913 bits per heavy atom. The second-order valence-corrected chi connectivity index (χ2v) is 6.09. The van der Waals surface area contributed by atoms with E-state index < -0.39 is 0 Å². The van der Waals surface area contributed by atoms with Crippen LogP contribution in [0.2, 0.25) is 0 Å². The van der Waals surface area contributed by atoms with Crippen molar-refractivity contribution >= 4 is 5.91 Å². The summed E-state index contributed by atoms with van der Waals surface area (Å²) in [6, 6.07) is 20.4. The minimum atomic E-state index is -0.201. The maximum Gasteiger partial charge on any atom is 0.237 e. The second-order valence-electron chi connectivity index (χ2n) is 6.09. The van der Waals surface area contributed by atoms with Crippen molar-refractivity contribution in [1.29, 1.82) is 0 Å². The van der Waals surface area contributed by atoms with Gasteiger partial charge in [0.2, 0.25) is 5.91 Å². The predicted octanol–water partition coefficient (Wildman–Crippen LogP) is 2.95. The maximum atomic E-state index is 12.5. The molecule has 122 valence electrons. The Morgan fingerprint density at radius 2 is 1.48 bits per heavy atom. The van der Waals surface area contributed by atoms with Gasteiger partial charge in [0, 0.05) is 12.6 Å². The third kappa shape index (κ3) is 6.25. The van der Waals surface area contributed by atoms with E-state index in [0.29, 0.717) is 13.0 Å². The Kier molecular flexibility index (Phi) is 6.82. The normalized spacial score (nSPS) is 12.1. The summed E-state index contributed by atoms with van der Waals surface area (Å²) in [5.74, 6) is 0.0680. The van der Waals surface area contributed by atoms with Gasteiger partial charge in [-0.2, -0.15) is 0 Å². The Hall–Kier alpha value is -2.13. The van der Waals surface area contributed by atoms with Crippen LogP contribution in [0.25, 0.3) is 0 Å². The van der Waals surface area contributed by atoms with E-state index in [2.05, 4.69) is 48.7 Å². The summed E-state index contributed by atoms with van der Waals surface area (Å²) < 4.78 is 0. The standard InChI is InChI=1S/C20H26N2O/c1-16(2)22-19(15-18-11-7-4-8-12-18)20(23)21-14-13-17-9-5-3-6-10-17/h3-12,16,19,22H,13-15H2,1-2H3,(H,21,23)/t19-/m0/s1. The maximum absolute atomic E-state index is 12.5. The van der Waals surface area contributed by atoms with Crippen LogP contribution in [0.15, 0.2) is 60.7 Å². The molecule has 2 aromatic rings. The number of amides is 1. The zero-order valence-electron chi connectivity index (χ0n) is 14.0. The number of carbonyl (C=O) groups excluding carboxylic acids is 1. The molecule has 23 heavy (non-hydrogen) atoms. The van der Waals surface area contributed by atoms with Crippen molar-refractivity contribution in [2.24, 2.45) is 0 Å². The van der Waals surface area contributed by atoms with Crippen LogP contribution in [0.4, 0.5) is 0 Å². The summed E-state index contributed by atoms with van der Waals surface area (Å²) in [4.78, 5) is 12.5. The SMILES string of the molecule is CC(C)N[C@@H](Cc1ccccc1)C(=O)NCCc1ccccc1. The van der Waals surface area contributed by atoms with Gasteiger partial charge in [-0.05, 0) is 24.0 Å². The molecule has 0 fully saturated rings. The molecule has 0 saturated heterocycles. The van der Waals surface area contributed by atoms with Gasteiger partial charge in [0.15, 0.2) is 0 Å². The Balaban J connectivity index is 1.88. The van der Waals surface area contributed by atoms with Gasteiger partial charge in [-0.25, -0.2) is 0 Å². The van der Waals surface area contributed by atoms with E-state index in [4.69, 9.17) is 0 Å². The first-order valence-corrected chi connectivity index (χ1v) is 8.27. The van der Waals surface area contributed by atoms with Gasteiger partial charge in [-0.15, -0.1) is 0 Å². The van der Waals surface area contributed by atoms with E-state index in [9.17, 15) is 4.79 Å². The van der Waals surface area contributed by atoms with Crippen LogP contribution in [0.3, 0.4) is 0 Å². The van der Waals surface area contributed by atoms with Crippen LogP contribution in [-0.4, -0.2) is 24.5 Å². The number of benzene rings is 2. The van der Waals surface area contributed by atoms with Crippen molar-refractivity contribution in [2.75, 3.05) is 6.54 Å². The molecule has 3 nitrogen and oxygen atoms in total. The molecular formula is C20H26N2O. The first kappa shape index (κ1) is 17.2. The van der Waals surface area contributed by atoms with Crippen LogP contribution in [0, 0.1) is 0 Å². The van der Waals surface area contributed by atoms with Crippen molar-refractivity contribution in [2.45, 2.75) is 38.8 Å². The van der Waals surface area contributed by atoms with Gasteiger partial charge in [-0.1, -0.05) is 74.5 Å². The topological polar surface area (TPSA) is 41.1 Å². The molecule has 0 bridgehead atoms. The molecule has 0 unspecified atom stereocenters. The lowest BCUT2D eigenvalue weighted by atomic mass is 10.0. The van der Waals surface area contributed by atoms with Crippen molar-refractivity contribution in [1.82, 2.24) is 10.6 Å². The average Bonchev–Trinajstić information content (AvgIpc) is 2.56. The zero-order valence-corrected chi connectivity index (χ0v) is 14.0. The summed E-state index contributed by atoms with van der Waals surface area (Å²) in [7, 11) is 0. The molecule has 0 aliphatic heterocycles. The fourth-order valence-corrected chi connectivity index (χ4v) is 2.58. The summed E-state index contributed by atoms with van der Waals surface area (Å²) in [5, 5.41) is 6.42. The molecule has 1 atom stereocenters. The smallest absolute Gasteiger partial charge is 0.237 e. The van der Waals surface area contributed by atoms with Gasteiger partial charge in [0.05, 0.1) is 6.04 Å². The molecule has 2 N–H and O–H groups in total. The van der Waals surface area contributed by atoms with E-state index in [-0.39, 0.29) is 18.0 Å². The average molecular weight is 310 g/mol. The quantitative estimate of drug-likeness (QED) is 0.787. The number of nitrogens with one attached hydrogen (secondary N) is 2. The summed E-state index contributed by atoms with van der Waals surface area (Å²) in [6.07, 6.45) is 1.56. The highest BCUT2D eigenvalue weighted by Crippen LogP contribution is 2.05. The summed E-state index contributed by atoms with van der Waals surface area (Å²) >= 11 is 0. The number of hydrogen-bond donors (Lipinski definition) is 2. The molecule has 0 aliphatic rings. The minimum Gasteiger partial charge on any atom is -0.354 e. The van der Waals surface area contributed by atoms with Gasteiger partial charge >= 0.3 is 0 Å². The minimum absolute atomic E-state index is 0.0680. The third-order valence-corrected chi connectivity index (χ3v) is 3.69. The van der Waals surface area contributed by atoms with Crippen LogP contribution in [0.1, 0.15) is 25.0 Å². The molecule has 2 rings (SSSR count). The van der Waals surface area contributed by atoms with E-state index in [1.807, 2.05) is 36.4 Å². The monoisotopic (exact) mass is 310 g/mol. The molecule has 0 spiro atoms. The fourth-order valence-electron chi connectivity index (χ4n) is 2.58. The lowest BCUT2D eigenvalue weighted by Gasteiger charge is -2.21. The molecule has 3 heteroatoms. The largest absolute Gasteiger partial charge is 0.354 e. The Labute approximate surface area is 139 Å². The summed E-state index contributed by atoms with van der Waals surface area (Å²) in [5.41, 5.74) is 2.41. The highest BCUT2D eigenvalue weighted by atomic mass is 16.2. The van der Waals surface area contributed by atoms with Crippen molar-refractivity contribution in [3.05, 3.63) is 71.8 Å². The summed E-state index contributed by atoms with van der Waals surface area (Å²) in [6.45, 7) is 4.79. The Morgan fingerprint density at radius 3 is 2.04 bits per heavy atom. The van der Waals surface area contributed by atoms with Crippen LogP contribution >= 0.6 is 0 Å². The van der Waals surface area contributed by atoms with Gasteiger partial charge in [0.25, 0.3) is 0 Å². The van der Waals surface area contributed by atoms with Crippen molar-refractivity contribution < 1.29 is 4.79 Å². The van der Waals surface area contributed by atoms with E-state index in [1.54, 1.807) is 0 Å². The van der Waals surface area contributed by atoms with Crippen LogP contribution in [0.5, 0.6) is 0 Å². The van der Waals surface area contributed by atoms with E-state index >= 15 is 0 Å². The van der Waals surface area contributed by atoms with E-state index in [0.717, 1.165) is 6.42 Å². The molecular weight excluding hydrogens is 284 g/mol. The first-order chi connectivity index (χ1) is 11.1. The zero-order chi connectivity index (χ0) is 16.5. The fraction of sp³-hybridized carbons (Fsp3) is 0.350. The molecule has 0 saturated carbocycles. The van der Waals surface area contributed by atoms with Gasteiger partial charge < -0.3 is 10.6 Å². The van der Waals surface area contributed by atoms with E-state index in [1.165, 1.54) is 11.1 Å². The van der Waals surface area contributed by atoms with Crippen molar-refractivity contribution in [3.63, 3.8) is 0 Å².